The number of aliphatic imine (C=N–C) groups is 1. The lowest BCUT2D eigenvalue weighted by Crippen LogP contribution is -2.22. The van der Waals surface area contributed by atoms with E-state index in [1.54, 1.807) is 0 Å². The van der Waals surface area contributed by atoms with E-state index in [2.05, 4.69) is 20.4 Å². The van der Waals surface area contributed by atoms with Crippen molar-refractivity contribution in [1.29, 1.82) is 0 Å². The number of carbonyl (C=O) groups is 1. The highest BCUT2D eigenvalue weighted by molar-refractivity contribution is 5.76. The predicted octanol–water partition coefficient (Wildman–Crippen LogP) is 4.20. The summed E-state index contributed by atoms with van der Waals surface area (Å²) in [5.41, 5.74) is 1.47. The van der Waals surface area contributed by atoms with E-state index in [4.69, 9.17) is 9.47 Å². The Balaban J connectivity index is 1.58. The largest absolute Gasteiger partial charge is 0.573 e. The average Bonchev–Trinajstić information content (AvgIpc) is 2.74. The van der Waals surface area contributed by atoms with E-state index < -0.39 is 6.36 Å². The van der Waals surface area contributed by atoms with Crippen LogP contribution >= 0.6 is 0 Å². The zero-order valence-electron chi connectivity index (χ0n) is 17.2. The van der Waals surface area contributed by atoms with Gasteiger partial charge >= 0.3 is 6.36 Å². The van der Waals surface area contributed by atoms with Crippen molar-refractivity contribution in [2.45, 2.75) is 19.3 Å². The van der Waals surface area contributed by atoms with Crippen molar-refractivity contribution in [2.24, 2.45) is 4.99 Å². The predicted molar refractivity (Wildman–Crippen MR) is 113 cm³/mol. The lowest BCUT2D eigenvalue weighted by atomic mass is 10.1. The summed E-state index contributed by atoms with van der Waals surface area (Å²) in [5, 5.41) is 6.05. The van der Waals surface area contributed by atoms with Crippen LogP contribution in [0, 0.1) is 0 Å². The van der Waals surface area contributed by atoms with E-state index in [0.29, 0.717) is 30.5 Å². The minimum absolute atomic E-state index is 0.0439. The molecule has 2 N–H and O–H groups in total. The molecule has 10 heteroatoms. The molecule has 0 aliphatic carbocycles. The summed E-state index contributed by atoms with van der Waals surface area (Å²) in [7, 11) is 0. The van der Waals surface area contributed by atoms with Gasteiger partial charge in [0.2, 0.25) is 0 Å². The molecule has 1 heterocycles. The summed E-state index contributed by atoms with van der Waals surface area (Å²) in [5.74, 6) is 0.929. The number of halogens is 3. The zero-order valence-corrected chi connectivity index (χ0v) is 17.2. The summed E-state index contributed by atoms with van der Waals surface area (Å²) in [4.78, 5) is 15.3. The second-order valence-electron chi connectivity index (χ2n) is 6.82. The normalized spacial score (nSPS) is 15.5. The van der Waals surface area contributed by atoms with Gasteiger partial charge in [0, 0.05) is 5.69 Å². The number of hydrogen-bond acceptors (Lipinski definition) is 7. The van der Waals surface area contributed by atoms with Crippen LogP contribution in [0.5, 0.6) is 11.5 Å². The molecule has 0 aromatic heterocycles. The van der Waals surface area contributed by atoms with Crippen LogP contribution in [0.3, 0.4) is 0 Å². The Kier molecular flexibility index (Phi) is 7.72. The first-order valence-electron chi connectivity index (χ1n) is 9.71. The van der Waals surface area contributed by atoms with E-state index in [1.165, 1.54) is 37.5 Å². The molecule has 0 bridgehead atoms. The van der Waals surface area contributed by atoms with Gasteiger partial charge in [0.25, 0.3) is 0 Å². The fourth-order valence-electron chi connectivity index (χ4n) is 2.81. The number of Topliss-reactive ketones (excluding diaryl/α,β-unsaturated/α-hetero) is 1. The molecule has 1 unspecified atom stereocenters. The molecule has 7 nitrogen and oxygen atoms in total. The van der Waals surface area contributed by atoms with Crippen LogP contribution in [-0.4, -0.2) is 38.3 Å². The van der Waals surface area contributed by atoms with Gasteiger partial charge < -0.3 is 24.8 Å². The second-order valence-corrected chi connectivity index (χ2v) is 6.82. The Bertz CT molecular complexity index is 975. The van der Waals surface area contributed by atoms with Crippen molar-refractivity contribution in [3.8, 4) is 11.5 Å². The maximum absolute atomic E-state index is 12.3. The molecule has 1 aliphatic rings. The molecule has 0 saturated heterocycles. The summed E-state index contributed by atoms with van der Waals surface area (Å²) in [6.45, 7) is 2.13. The molecule has 0 spiro atoms. The first kappa shape index (κ1) is 23.1. The van der Waals surface area contributed by atoms with Crippen molar-refractivity contribution < 1.29 is 32.2 Å². The highest BCUT2D eigenvalue weighted by Gasteiger charge is 2.30. The summed E-state index contributed by atoms with van der Waals surface area (Å²) < 4.78 is 51.5. The smallest absolute Gasteiger partial charge is 0.491 e. The minimum Gasteiger partial charge on any atom is -0.491 e. The molecular formula is C22H22F3N3O4. The molecule has 0 fully saturated rings. The van der Waals surface area contributed by atoms with Crippen LogP contribution in [0.25, 0.3) is 0 Å². The van der Waals surface area contributed by atoms with Crippen LogP contribution < -0.4 is 20.1 Å². The molecule has 2 aromatic carbocycles. The van der Waals surface area contributed by atoms with Crippen molar-refractivity contribution in [3.63, 3.8) is 0 Å². The quantitative estimate of drug-likeness (QED) is 0.530. The van der Waals surface area contributed by atoms with Crippen molar-refractivity contribution in [1.82, 2.24) is 5.32 Å². The van der Waals surface area contributed by atoms with Gasteiger partial charge in [-0.15, -0.1) is 13.2 Å². The van der Waals surface area contributed by atoms with Crippen LogP contribution in [-0.2, 0) is 9.53 Å². The Morgan fingerprint density at radius 2 is 1.91 bits per heavy atom. The van der Waals surface area contributed by atoms with Crippen molar-refractivity contribution in [2.75, 3.05) is 25.1 Å². The number of rotatable bonds is 10. The maximum Gasteiger partial charge on any atom is 0.573 e. The van der Waals surface area contributed by atoms with E-state index in [1.807, 2.05) is 30.3 Å². The lowest BCUT2D eigenvalue weighted by molar-refractivity contribution is -0.274. The SMILES string of the molecule is CC(=O)COCCOc1cccc(C2C=C(Nc3ccc(OC(F)(F)F)cc3)NC=N2)c1. The Labute approximate surface area is 182 Å². The number of ketones is 1. The third-order valence-corrected chi connectivity index (χ3v) is 4.15. The molecule has 3 rings (SSSR count). The van der Waals surface area contributed by atoms with Gasteiger partial charge in [-0.2, -0.15) is 0 Å². The van der Waals surface area contributed by atoms with E-state index in [-0.39, 0.29) is 24.2 Å². The van der Waals surface area contributed by atoms with Crippen molar-refractivity contribution >= 4 is 17.8 Å². The zero-order chi connectivity index (χ0) is 23.0. The number of nitrogens with zero attached hydrogens (tertiary/aromatic N) is 1. The standard InChI is InChI=1S/C22H22F3N3O4/c1-15(29)13-30-9-10-31-19-4-2-3-16(11-19)20-12-21(27-14-26-20)28-17-5-7-18(8-6-17)32-22(23,24)25/h2-8,11-12,14,20,28H,9-10,13H2,1H3,(H,26,27). The third-order valence-electron chi connectivity index (χ3n) is 4.15. The first-order chi connectivity index (χ1) is 15.3. The highest BCUT2D eigenvalue weighted by atomic mass is 19.4. The summed E-state index contributed by atoms with van der Waals surface area (Å²) in [6.07, 6.45) is -1.35. The van der Waals surface area contributed by atoms with Gasteiger partial charge in [-0.05, 0) is 55.0 Å². The average molecular weight is 449 g/mol. The number of hydrogen-bond donors (Lipinski definition) is 2. The topological polar surface area (TPSA) is 81.2 Å². The molecule has 2 aromatic rings. The van der Waals surface area contributed by atoms with Crippen LogP contribution in [0.4, 0.5) is 18.9 Å². The molecule has 0 amide bonds. The van der Waals surface area contributed by atoms with Gasteiger partial charge in [-0.3, -0.25) is 9.79 Å². The number of anilines is 1. The molecule has 0 saturated carbocycles. The molecule has 170 valence electrons. The first-order valence-corrected chi connectivity index (χ1v) is 9.71. The lowest BCUT2D eigenvalue weighted by Gasteiger charge is -2.19. The Hall–Kier alpha value is -3.53. The van der Waals surface area contributed by atoms with E-state index >= 15 is 0 Å². The Morgan fingerprint density at radius 3 is 2.62 bits per heavy atom. The van der Waals surface area contributed by atoms with E-state index in [0.717, 1.165) is 5.56 Å². The number of carbonyl (C=O) groups excluding carboxylic acids is 1. The van der Waals surface area contributed by atoms with Gasteiger partial charge in [-0.25, -0.2) is 0 Å². The molecule has 0 radical (unpaired) electrons. The van der Waals surface area contributed by atoms with Gasteiger partial charge in [-0.1, -0.05) is 12.1 Å². The fourth-order valence-corrected chi connectivity index (χ4v) is 2.81. The molecule has 1 atom stereocenters. The molecular weight excluding hydrogens is 427 g/mol. The fraction of sp³-hybridized carbons (Fsp3) is 0.273. The van der Waals surface area contributed by atoms with Crippen molar-refractivity contribution in [3.05, 3.63) is 66.0 Å². The number of nitrogens with one attached hydrogen (secondary N) is 2. The van der Waals surface area contributed by atoms with Gasteiger partial charge in [0.05, 0.1) is 19.0 Å². The summed E-state index contributed by atoms with van der Waals surface area (Å²) in [6, 6.07) is 12.5. The van der Waals surface area contributed by atoms with Crippen LogP contribution in [0.2, 0.25) is 0 Å². The third kappa shape index (κ3) is 7.62. The van der Waals surface area contributed by atoms with Gasteiger partial charge in [0.1, 0.15) is 30.5 Å². The van der Waals surface area contributed by atoms with Crippen LogP contribution in [0.15, 0.2) is 65.4 Å². The number of ether oxygens (including phenoxy) is 3. The highest BCUT2D eigenvalue weighted by Crippen LogP contribution is 2.27. The monoisotopic (exact) mass is 449 g/mol. The van der Waals surface area contributed by atoms with Gasteiger partial charge in [0.15, 0.2) is 5.78 Å². The van der Waals surface area contributed by atoms with E-state index in [9.17, 15) is 18.0 Å². The second kappa shape index (κ2) is 10.7. The molecule has 32 heavy (non-hydrogen) atoms. The number of alkyl halides is 3. The maximum atomic E-state index is 12.3. The summed E-state index contributed by atoms with van der Waals surface area (Å²) >= 11 is 0. The molecule has 1 aliphatic heterocycles. The number of benzene rings is 2. The Morgan fingerprint density at radius 1 is 1.12 bits per heavy atom. The minimum atomic E-state index is -4.73. The van der Waals surface area contributed by atoms with Crippen LogP contribution in [0.1, 0.15) is 18.5 Å².